The lowest BCUT2D eigenvalue weighted by molar-refractivity contribution is -0.0498. The first-order valence-electron chi connectivity index (χ1n) is 6.15. The largest absolute Gasteiger partial charge is 0.433 e. The zero-order valence-electron chi connectivity index (χ0n) is 10.4. The molecule has 1 N–H and O–H groups in total. The van der Waals surface area contributed by atoms with Crippen LogP contribution in [0.4, 0.5) is 8.78 Å². The third-order valence-electron chi connectivity index (χ3n) is 3.25. The van der Waals surface area contributed by atoms with Gasteiger partial charge in [-0.15, -0.1) is 0 Å². The molecule has 1 aliphatic heterocycles. The predicted molar refractivity (Wildman–Crippen MR) is 68.6 cm³/mol. The Labute approximate surface area is 115 Å². The molecule has 1 atom stereocenters. The van der Waals surface area contributed by atoms with Gasteiger partial charge in [0.05, 0.1) is 5.02 Å². The SMILES string of the molecule is OCC1CCN(Cc2ccc(OC(F)F)c(Cl)c2)C1. The molecule has 1 fully saturated rings. The number of likely N-dealkylation sites (tertiary alicyclic amines) is 1. The van der Waals surface area contributed by atoms with Gasteiger partial charge in [0.1, 0.15) is 5.75 Å². The molecule has 1 saturated heterocycles. The highest BCUT2D eigenvalue weighted by molar-refractivity contribution is 6.32. The molecule has 1 aliphatic rings. The number of hydrogen-bond donors (Lipinski definition) is 1. The second-order valence-corrected chi connectivity index (χ2v) is 5.12. The minimum atomic E-state index is -2.87. The van der Waals surface area contributed by atoms with Crippen molar-refractivity contribution in [2.75, 3.05) is 19.7 Å². The van der Waals surface area contributed by atoms with Crippen molar-refractivity contribution in [2.24, 2.45) is 5.92 Å². The van der Waals surface area contributed by atoms with Gasteiger partial charge in [-0.1, -0.05) is 17.7 Å². The van der Waals surface area contributed by atoms with E-state index < -0.39 is 6.61 Å². The van der Waals surface area contributed by atoms with Crippen LogP contribution in [0.5, 0.6) is 5.75 Å². The van der Waals surface area contributed by atoms with Crippen LogP contribution in [0.2, 0.25) is 5.02 Å². The third kappa shape index (κ3) is 4.03. The van der Waals surface area contributed by atoms with Gasteiger partial charge in [-0.25, -0.2) is 0 Å². The second-order valence-electron chi connectivity index (χ2n) is 4.72. The van der Waals surface area contributed by atoms with E-state index in [1.807, 2.05) is 0 Å². The highest BCUT2D eigenvalue weighted by Gasteiger charge is 2.21. The maximum atomic E-state index is 12.1. The molecular formula is C13H16ClF2NO2. The Balaban J connectivity index is 1.96. The standard InChI is InChI=1S/C13H16ClF2NO2/c14-11-5-9(1-2-12(11)19-13(15)16)6-17-4-3-10(7-17)8-18/h1-2,5,10,13,18H,3-4,6-8H2. The molecule has 106 valence electrons. The summed E-state index contributed by atoms with van der Waals surface area (Å²) in [6.07, 6.45) is 0.983. The van der Waals surface area contributed by atoms with E-state index in [1.54, 1.807) is 12.1 Å². The van der Waals surface area contributed by atoms with Crippen molar-refractivity contribution in [3.63, 3.8) is 0 Å². The number of benzene rings is 1. The first-order chi connectivity index (χ1) is 9.08. The van der Waals surface area contributed by atoms with Gasteiger partial charge in [0.15, 0.2) is 0 Å². The molecule has 0 aliphatic carbocycles. The number of aliphatic hydroxyl groups excluding tert-OH is 1. The highest BCUT2D eigenvalue weighted by atomic mass is 35.5. The molecule has 0 saturated carbocycles. The number of ether oxygens (including phenoxy) is 1. The maximum Gasteiger partial charge on any atom is 0.387 e. The molecule has 0 amide bonds. The van der Waals surface area contributed by atoms with Gasteiger partial charge in [-0.2, -0.15) is 8.78 Å². The monoisotopic (exact) mass is 291 g/mol. The van der Waals surface area contributed by atoms with Crippen LogP contribution < -0.4 is 4.74 Å². The summed E-state index contributed by atoms with van der Waals surface area (Å²) in [5.74, 6) is 0.326. The lowest BCUT2D eigenvalue weighted by atomic mass is 10.1. The van der Waals surface area contributed by atoms with Crippen molar-refractivity contribution < 1.29 is 18.6 Å². The maximum absolute atomic E-state index is 12.1. The normalized spacial score (nSPS) is 20.2. The van der Waals surface area contributed by atoms with E-state index in [4.69, 9.17) is 16.7 Å². The number of rotatable bonds is 5. The summed E-state index contributed by atoms with van der Waals surface area (Å²) in [5, 5.41) is 9.27. The summed E-state index contributed by atoms with van der Waals surface area (Å²) < 4.78 is 28.5. The van der Waals surface area contributed by atoms with Crippen LogP contribution in [0, 0.1) is 5.92 Å². The Hall–Kier alpha value is -0.910. The first kappa shape index (κ1) is 14.5. The lowest BCUT2D eigenvalue weighted by Crippen LogP contribution is -2.21. The number of halogens is 3. The van der Waals surface area contributed by atoms with Crippen LogP contribution in [0.15, 0.2) is 18.2 Å². The minimum absolute atomic E-state index is 0.00456. The second kappa shape index (κ2) is 6.50. The molecule has 0 radical (unpaired) electrons. The molecule has 0 bridgehead atoms. The van der Waals surface area contributed by atoms with E-state index in [0.717, 1.165) is 25.1 Å². The number of aliphatic hydroxyl groups is 1. The van der Waals surface area contributed by atoms with Gasteiger partial charge in [0.25, 0.3) is 0 Å². The molecular weight excluding hydrogens is 276 g/mol. The Morgan fingerprint density at radius 2 is 2.26 bits per heavy atom. The minimum Gasteiger partial charge on any atom is -0.433 e. The van der Waals surface area contributed by atoms with Gasteiger partial charge in [-0.05, 0) is 36.6 Å². The highest BCUT2D eigenvalue weighted by Crippen LogP contribution is 2.28. The molecule has 0 spiro atoms. The lowest BCUT2D eigenvalue weighted by Gasteiger charge is -2.16. The van der Waals surface area contributed by atoms with Crippen LogP contribution in [0.3, 0.4) is 0 Å². The van der Waals surface area contributed by atoms with Crippen LogP contribution in [0.25, 0.3) is 0 Å². The van der Waals surface area contributed by atoms with Crippen molar-refractivity contribution in [3.8, 4) is 5.75 Å². The Morgan fingerprint density at radius 1 is 1.47 bits per heavy atom. The van der Waals surface area contributed by atoms with Gasteiger partial charge in [0, 0.05) is 19.7 Å². The van der Waals surface area contributed by atoms with Crippen molar-refractivity contribution in [2.45, 2.75) is 19.6 Å². The molecule has 1 heterocycles. The van der Waals surface area contributed by atoms with E-state index >= 15 is 0 Å². The van der Waals surface area contributed by atoms with Gasteiger partial charge in [0.2, 0.25) is 0 Å². The molecule has 1 aromatic rings. The van der Waals surface area contributed by atoms with E-state index in [-0.39, 0.29) is 17.4 Å². The Bertz CT molecular complexity index is 431. The van der Waals surface area contributed by atoms with E-state index in [1.165, 1.54) is 6.07 Å². The van der Waals surface area contributed by atoms with Crippen molar-refractivity contribution in [1.29, 1.82) is 0 Å². The fourth-order valence-electron chi connectivity index (χ4n) is 2.30. The number of alkyl halides is 2. The van der Waals surface area contributed by atoms with E-state index in [9.17, 15) is 8.78 Å². The summed E-state index contributed by atoms with van der Waals surface area (Å²) in [5.41, 5.74) is 0.949. The smallest absolute Gasteiger partial charge is 0.387 e. The molecule has 1 aromatic carbocycles. The average molecular weight is 292 g/mol. The van der Waals surface area contributed by atoms with E-state index in [0.29, 0.717) is 12.5 Å². The number of nitrogens with zero attached hydrogens (tertiary/aromatic N) is 1. The first-order valence-corrected chi connectivity index (χ1v) is 6.52. The summed E-state index contributed by atoms with van der Waals surface area (Å²) in [6, 6.07) is 4.84. The van der Waals surface area contributed by atoms with Gasteiger partial charge in [-0.3, -0.25) is 4.90 Å². The fraction of sp³-hybridized carbons (Fsp3) is 0.538. The quantitative estimate of drug-likeness (QED) is 0.905. The van der Waals surface area contributed by atoms with Crippen LogP contribution in [0.1, 0.15) is 12.0 Å². The molecule has 19 heavy (non-hydrogen) atoms. The van der Waals surface area contributed by atoms with Gasteiger partial charge < -0.3 is 9.84 Å². The molecule has 1 unspecified atom stereocenters. The summed E-state index contributed by atoms with van der Waals surface area (Å²) in [6.45, 7) is -0.183. The summed E-state index contributed by atoms with van der Waals surface area (Å²) >= 11 is 5.90. The molecule has 2 rings (SSSR count). The topological polar surface area (TPSA) is 32.7 Å². The fourth-order valence-corrected chi connectivity index (χ4v) is 2.55. The van der Waals surface area contributed by atoms with Gasteiger partial charge >= 0.3 is 6.61 Å². The zero-order valence-corrected chi connectivity index (χ0v) is 11.1. The predicted octanol–water partition coefficient (Wildman–Crippen LogP) is 2.76. The van der Waals surface area contributed by atoms with Crippen LogP contribution >= 0.6 is 11.6 Å². The molecule has 6 heteroatoms. The van der Waals surface area contributed by atoms with Crippen molar-refractivity contribution >= 4 is 11.6 Å². The van der Waals surface area contributed by atoms with Crippen molar-refractivity contribution in [1.82, 2.24) is 4.90 Å². The Kier molecular flexibility index (Phi) is 4.96. The van der Waals surface area contributed by atoms with E-state index in [2.05, 4.69) is 9.64 Å². The average Bonchev–Trinajstić information content (AvgIpc) is 2.80. The summed E-state index contributed by atoms with van der Waals surface area (Å²) in [7, 11) is 0. The molecule has 0 aromatic heterocycles. The number of hydrogen-bond acceptors (Lipinski definition) is 3. The van der Waals surface area contributed by atoms with Crippen molar-refractivity contribution in [3.05, 3.63) is 28.8 Å². The Morgan fingerprint density at radius 3 is 2.84 bits per heavy atom. The van der Waals surface area contributed by atoms with Crippen LogP contribution in [-0.2, 0) is 6.54 Å². The summed E-state index contributed by atoms with van der Waals surface area (Å²) in [4.78, 5) is 2.21. The van der Waals surface area contributed by atoms with Crippen LogP contribution in [-0.4, -0.2) is 36.3 Å². The third-order valence-corrected chi connectivity index (χ3v) is 3.54. The molecule has 3 nitrogen and oxygen atoms in total. The zero-order chi connectivity index (χ0) is 13.8.